The fourth-order valence-corrected chi connectivity index (χ4v) is 2.15. The summed E-state index contributed by atoms with van der Waals surface area (Å²) in [4.78, 5) is 3.67. The van der Waals surface area contributed by atoms with Gasteiger partial charge in [0, 0.05) is 18.7 Å². The first kappa shape index (κ1) is 17.8. The van der Waals surface area contributed by atoms with Crippen LogP contribution in [0.15, 0.2) is 0 Å². The lowest BCUT2D eigenvalue weighted by Gasteiger charge is -2.26. The molecule has 7 heteroatoms. The molecule has 0 aromatic carbocycles. The maximum absolute atomic E-state index is 12.1. The van der Waals surface area contributed by atoms with Crippen molar-refractivity contribution in [1.29, 1.82) is 0 Å². The zero-order valence-corrected chi connectivity index (χ0v) is 12.7. The van der Waals surface area contributed by atoms with Gasteiger partial charge in [-0.25, -0.2) is 0 Å². The molecule has 20 heavy (non-hydrogen) atoms. The van der Waals surface area contributed by atoms with Gasteiger partial charge in [-0.15, -0.1) is 0 Å². The first-order valence-electron chi connectivity index (χ1n) is 7.08. The van der Waals surface area contributed by atoms with Crippen molar-refractivity contribution in [3.63, 3.8) is 0 Å². The lowest BCUT2D eigenvalue weighted by atomic mass is 9.92. The number of hydrogen-bond donors (Lipinski definition) is 1. The van der Waals surface area contributed by atoms with Gasteiger partial charge in [0.05, 0.1) is 6.10 Å². The van der Waals surface area contributed by atoms with Crippen molar-refractivity contribution in [2.24, 2.45) is 0 Å². The van der Waals surface area contributed by atoms with Crippen molar-refractivity contribution in [2.45, 2.75) is 63.7 Å². The van der Waals surface area contributed by atoms with Crippen molar-refractivity contribution >= 4 is 7.85 Å². The number of hydrogen-bond acceptors (Lipinski definition) is 5. The molecule has 1 saturated heterocycles. The maximum Gasteiger partial charge on any atom is 0.116 e. The number of ether oxygens (including phenoxy) is 3. The van der Waals surface area contributed by atoms with E-state index in [1.54, 1.807) is 0 Å². The fourth-order valence-electron chi connectivity index (χ4n) is 2.15. The largest absolute Gasteiger partial charge is 0.377 e. The van der Waals surface area contributed by atoms with Crippen LogP contribution in [0.25, 0.3) is 0 Å². The highest BCUT2D eigenvalue weighted by Crippen LogP contribution is 2.26. The summed E-state index contributed by atoms with van der Waals surface area (Å²) in [5.41, 5.74) is 0. The van der Waals surface area contributed by atoms with E-state index in [4.69, 9.17) is 22.1 Å². The molecule has 1 aliphatic rings. The van der Waals surface area contributed by atoms with Crippen molar-refractivity contribution in [3.8, 4) is 0 Å². The van der Waals surface area contributed by atoms with E-state index in [0.29, 0.717) is 12.6 Å². The zero-order valence-electron chi connectivity index (χ0n) is 12.7. The van der Waals surface area contributed by atoms with Crippen molar-refractivity contribution in [3.05, 3.63) is 0 Å². The molecule has 1 heterocycles. The molecule has 5 unspecified atom stereocenters. The van der Waals surface area contributed by atoms with Gasteiger partial charge in [-0.3, -0.25) is 0 Å². The molecule has 0 aromatic heterocycles. The summed E-state index contributed by atoms with van der Waals surface area (Å²) in [5, 5.41) is 3.13. The average Bonchev–Trinajstić information content (AvgIpc) is 2.66. The Kier molecular flexibility index (Phi) is 7.98. The highest BCUT2D eigenvalue weighted by molar-refractivity contribution is 6.11. The van der Waals surface area contributed by atoms with Crippen molar-refractivity contribution in [2.75, 3.05) is 20.3 Å². The molecule has 5 nitrogen and oxygen atoms in total. The van der Waals surface area contributed by atoms with E-state index < -0.39 is 24.3 Å². The Labute approximate surface area is 121 Å². The molecular weight excluding hydrogens is 264 g/mol. The highest BCUT2D eigenvalue weighted by atomic mass is 19.3. The summed E-state index contributed by atoms with van der Waals surface area (Å²) >= 11 is 0. The van der Waals surface area contributed by atoms with Crippen LogP contribution in [0.5, 0.6) is 0 Å². The maximum atomic E-state index is 12.1. The minimum absolute atomic E-state index is 0.0293. The summed E-state index contributed by atoms with van der Waals surface area (Å²) < 4.78 is 29.1. The second-order valence-corrected chi connectivity index (χ2v) is 5.38. The van der Waals surface area contributed by atoms with Crippen LogP contribution in [-0.4, -0.2) is 64.6 Å². The van der Waals surface area contributed by atoms with Gasteiger partial charge in [0.15, 0.2) is 0 Å². The Morgan fingerprint density at radius 2 is 2.00 bits per heavy atom. The fraction of sp³-hybridized carbons (Fsp3) is 1.00. The van der Waals surface area contributed by atoms with Crippen LogP contribution in [0.3, 0.4) is 0 Å². The molecule has 1 aliphatic heterocycles. The Hall–Kier alpha value is -0.205. The summed E-state index contributed by atoms with van der Waals surface area (Å²) in [6.07, 6.45) is -0.576. The van der Waals surface area contributed by atoms with Crippen LogP contribution in [0, 0.1) is 0 Å². The first-order valence-corrected chi connectivity index (χ1v) is 7.08. The molecule has 0 bridgehead atoms. The van der Waals surface area contributed by atoms with Crippen LogP contribution >= 0.6 is 0 Å². The number of rotatable bonds is 9. The van der Waals surface area contributed by atoms with E-state index in [1.807, 2.05) is 20.9 Å². The highest BCUT2D eigenvalue weighted by Gasteiger charge is 2.44. The van der Waals surface area contributed by atoms with Gasteiger partial charge < -0.3 is 19.5 Å². The molecular formula is C13H25BFNO4. The summed E-state index contributed by atoms with van der Waals surface area (Å²) in [7, 11) is 7.79. The summed E-state index contributed by atoms with van der Waals surface area (Å²) in [6.45, 7) is 6.19. The van der Waals surface area contributed by atoms with E-state index in [1.165, 1.54) is 0 Å². The van der Waals surface area contributed by atoms with Gasteiger partial charge in [-0.1, -0.05) is 0 Å². The Bertz CT molecular complexity index is 273. The van der Waals surface area contributed by atoms with Gasteiger partial charge in [0.1, 0.15) is 32.8 Å². The van der Waals surface area contributed by atoms with Gasteiger partial charge >= 0.3 is 0 Å². The third kappa shape index (κ3) is 5.29. The predicted molar refractivity (Wildman–Crippen MR) is 74.4 cm³/mol. The Morgan fingerprint density at radius 1 is 1.30 bits per heavy atom. The molecule has 0 aliphatic carbocycles. The summed E-state index contributed by atoms with van der Waals surface area (Å²) in [6, 6.07) is -0.285. The molecule has 0 saturated carbocycles. The molecule has 1 N–H and O–H groups in total. The molecule has 2 radical (unpaired) electrons. The van der Waals surface area contributed by atoms with Crippen molar-refractivity contribution < 1.29 is 23.7 Å². The summed E-state index contributed by atoms with van der Waals surface area (Å²) in [5.74, 6) is 0. The second-order valence-electron chi connectivity index (χ2n) is 5.38. The molecule has 0 spiro atoms. The van der Waals surface area contributed by atoms with E-state index in [-0.39, 0.29) is 12.7 Å². The lowest BCUT2D eigenvalue weighted by Crippen LogP contribution is -2.41. The monoisotopic (exact) mass is 289 g/mol. The zero-order chi connectivity index (χ0) is 15.1. The topological polar surface area (TPSA) is 49.0 Å². The molecule has 1 rings (SSSR count). The predicted octanol–water partition coefficient (Wildman–Crippen LogP) is 0.958. The van der Waals surface area contributed by atoms with Crippen LogP contribution in [0.4, 0.5) is 4.53 Å². The van der Waals surface area contributed by atoms with Gasteiger partial charge in [-0.2, -0.15) is 4.94 Å². The quantitative estimate of drug-likeness (QED) is 0.641. The van der Waals surface area contributed by atoms with Crippen LogP contribution in [0.2, 0.25) is 0 Å². The van der Waals surface area contributed by atoms with E-state index >= 15 is 0 Å². The molecule has 5 atom stereocenters. The standard InChI is InChI=1S/C13H25BFNO4/c1-8(2)19-11-10(7-18-15)20-13(14)12(11)17-6-5-9(3)16-4/h8-13,16H,5-7H2,1-4H3. The van der Waals surface area contributed by atoms with Gasteiger partial charge in [0.25, 0.3) is 0 Å². The second kappa shape index (κ2) is 8.94. The Balaban J connectivity index is 2.55. The van der Waals surface area contributed by atoms with E-state index in [0.717, 1.165) is 6.42 Å². The normalized spacial score (nSPS) is 31.9. The lowest BCUT2D eigenvalue weighted by molar-refractivity contribution is -0.178. The van der Waals surface area contributed by atoms with Crippen LogP contribution in [0.1, 0.15) is 27.2 Å². The SMILES string of the molecule is [B]C1OC(COF)C(OC(C)C)C1OCCC(C)NC. The molecule has 0 aromatic rings. The molecule has 1 fully saturated rings. The Morgan fingerprint density at radius 3 is 2.55 bits per heavy atom. The third-order valence-electron chi connectivity index (χ3n) is 3.36. The minimum atomic E-state index is -0.635. The first-order chi connectivity index (χ1) is 9.49. The number of nitrogens with one attached hydrogen (secondary N) is 1. The average molecular weight is 289 g/mol. The van der Waals surface area contributed by atoms with E-state index in [9.17, 15) is 4.53 Å². The molecule has 0 amide bonds. The molecule has 116 valence electrons. The minimum Gasteiger partial charge on any atom is -0.377 e. The van der Waals surface area contributed by atoms with Crippen LogP contribution in [-0.2, 0) is 19.2 Å². The van der Waals surface area contributed by atoms with Gasteiger partial charge in [0.2, 0.25) is 0 Å². The van der Waals surface area contributed by atoms with Crippen molar-refractivity contribution in [1.82, 2.24) is 5.32 Å². The van der Waals surface area contributed by atoms with Crippen LogP contribution < -0.4 is 5.32 Å². The van der Waals surface area contributed by atoms with E-state index in [2.05, 4.69) is 17.2 Å². The van der Waals surface area contributed by atoms with Gasteiger partial charge in [-0.05, 0) is 38.8 Å². The number of halogens is 1. The smallest absolute Gasteiger partial charge is 0.116 e. The third-order valence-corrected chi connectivity index (χ3v) is 3.36.